The van der Waals surface area contributed by atoms with Crippen molar-refractivity contribution < 1.29 is 4.74 Å². The van der Waals surface area contributed by atoms with E-state index < -0.39 is 0 Å². The largest absolute Gasteiger partial charge is 0.490 e. The summed E-state index contributed by atoms with van der Waals surface area (Å²) >= 11 is 0. The number of unbranched alkanes of at least 4 members (excludes halogenated alkanes) is 1. The van der Waals surface area contributed by atoms with Crippen molar-refractivity contribution in [3.8, 4) is 5.75 Å². The molecule has 0 aromatic carbocycles. The Morgan fingerprint density at radius 3 is 2.71 bits per heavy atom. The van der Waals surface area contributed by atoms with Crippen molar-refractivity contribution in [1.82, 2.24) is 9.97 Å². The van der Waals surface area contributed by atoms with Crippen LogP contribution in [-0.4, -0.2) is 30.2 Å². The SMILES string of the molecule is CCCCN(CC)c1ncnc(NN)c1OC. The van der Waals surface area contributed by atoms with Gasteiger partial charge in [-0.2, -0.15) is 0 Å². The summed E-state index contributed by atoms with van der Waals surface area (Å²) in [7, 11) is 1.59. The number of hydrogen-bond acceptors (Lipinski definition) is 6. The van der Waals surface area contributed by atoms with Gasteiger partial charge in [0.15, 0.2) is 11.6 Å². The van der Waals surface area contributed by atoms with Crippen LogP contribution in [0, 0.1) is 0 Å². The number of aromatic nitrogens is 2. The molecule has 6 heteroatoms. The van der Waals surface area contributed by atoms with Crippen LogP contribution in [0.15, 0.2) is 6.33 Å². The minimum absolute atomic E-state index is 0.507. The zero-order chi connectivity index (χ0) is 12.7. The second kappa shape index (κ2) is 6.90. The monoisotopic (exact) mass is 239 g/mol. The van der Waals surface area contributed by atoms with E-state index in [0.29, 0.717) is 11.6 Å². The highest BCUT2D eigenvalue weighted by atomic mass is 16.5. The van der Waals surface area contributed by atoms with Gasteiger partial charge < -0.3 is 15.1 Å². The number of nitrogens with zero attached hydrogens (tertiary/aromatic N) is 3. The second-order valence-corrected chi connectivity index (χ2v) is 3.66. The van der Waals surface area contributed by atoms with E-state index in [1.807, 2.05) is 0 Å². The van der Waals surface area contributed by atoms with Crippen molar-refractivity contribution in [2.24, 2.45) is 5.84 Å². The molecule has 0 unspecified atom stereocenters. The summed E-state index contributed by atoms with van der Waals surface area (Å²) in [4.78, 5) is 10.5. The Bertz CT molecular complexity index is 345. The molecule has 0 bridgehead atoms. The van der Waals surface area contributed by atoms with Crippen LogP contribution < -0.4 is 20.9 Å². The summed E-state index contributed by atoms with van der Waals surface area (Å²) in [5.74, 6) is 7.28. The van der Waals surface area contributed by atoms with Gasteiger partial charge in [0.25, 0.3) is 0 Å². The molecular formula is C11H21N5O. The minimum atomic E-state index is 0.507. The third-order valence-electron chi connectivity index (χ3n) is 2.59. The van der Waals surface area contributed by atoms with E-state index >= 15 is 0 Å². The molecule has 0 fully saturated rings. The van der Waals surface area contributed by atoms with E-state index in [2.05, 4.69) is 34.1 Å². The second-order valence-electron chi connectivity index (χ2n) is 3.66. The van der Waals surface area contributed by atoms with Crippen molar-refractivity contribution in [2.75, 3.05) is 30.5 Å². The highest BCUT2D eigenvalue weighted by Gasteiger charge is 2.16. The summed E-state index contributed by atoms with van der Waals surface area (Å²) in [6, 6.07) is 0. The molecule has 6 nitrogen and oxygen atoms in total. The van der Waals surface area contributed by atoms with Gasteiger partial charge in [-0.25, -0.2) is 15.8 Å². The number of nitrogens with one attached hydrogen (secondary N) is 1. The molecule has 0 aliphatic heterocycles. The van der Waals surface area contributed by atoms with Gasteiger partial charge in [0.2, 0.25) is 5.75 Å². The van der Waals surface area contributed by atoms with Crippen LogP contribution >= 0.6 is 0 Å². The van der Waals surface area contributed by atoms with Crippen LogP contribution in [-0.2, 0) is 0 Å². The van der Waals surface area contributed by atoms with Crippen LogP contribution in [0.2, 0.25) is 0 Å². The molecule has 0 amide bonds. The Morgan fingerprint density at radius 2 is 2.18 bits per heavy atom. The van der Waals surface area contributed by atoms with Crippen LogP contribution in [0.3, 0.4) is 0 Å². The molecule has 0 saturated heterocycles. The Balaban J connectivity index is 3.00. The first-order chi connectivity index (χ1) is 8.28. The third-order valence-corrected chi connectivity index (χ3v) is 2.59. The van der Waals surface area contributed by atoms with Gasteiger partial charge in [0, 0.05) is 13.1 Å². The summed E-state index contributed by atoms with van der Waals surface area (Å²) in [5, 5.41) is 0. The number of ether oxygens (including phenoxy) is 1. The summed E-state index contributed by atoms with van der Waals surface area (Å²) in [6.07, 6.45) is 3.75. The van der Waals surface area contributed by atoms with E-state index in [-0.39, 0.29) is 0 Å². The highest BCUT2D eigenvalue weighted by Crippen LogP contribution is 2.31. The van der Waals surface area contributed by atoms with Gasteiger partial charge in [0.1, 0.15) is 6.33 Å². The smallest absolute Gasteiger partial charge is 0.205 e. The quantitative estimate of drug-likeness (QED) is 0.553. The molecular weight excluding hydrogens is 218 g/mol. The fraction of sp³-hybridized carbons (Fsp3) is 0.636. The van der Waals surface area contributed by atoms with Crippen LogP contribution in [0.5, 0.6) is 5.75 Å². The lowest BCUT2D eigenvalue weighted by atomic mass is 10.3. The zero-order valence-electron chi connectivity index (χ0n) is 10.7. The van der Waals surface area contributed by atoms with Crippen LogP contribution in [0.25, 0.3) is 0 Å². The van der Waals surface area contributed by atoms with E-state index in [1.54, 1.807) is 7.11 Å². The summed E-state index contributed by atoms with van der Waals surface area (Å²) < 4.78 is 5.32. The van der Waals surface area contributed by atoms with E-state index in [0.717, 1.165) is 31.7 Å². The van der Waals surface area contributed by atoms with E-state index in [4.69, 9.17) is 10.6 Å². The van der Waals surface area contributed by atoms with Gasteiger partial charge in [-0.05, 0) is 13.3 Å². The fourth-order valence-corrected chi connectivity index (χ4v) is 1.64. The van der Waals surface area contributed by atoms with E-state index in [1.165, 1.54) is 6.33 Å². The molecule has 17 heavy (non-hydrogen) atoms. The number of methoxy groups -OCH3 is 1. The maximum absolute atomic E-state index is 5.40. The van der Waals surface area contributed by atoms with Crippen molar-refractivity contribution in [3.05, 3.63) is 6.33 Å². The molecule has 0 spiro atoms. The minimum Gasteiger partial charge on any atom is -0.490 e. The number of anilines is 2. The van der Waals surface area contributed by atoms with Gasteiger partial charge in [-0.15, -0.1) is 0 Å². The van der Waals surface area contributed by atoms with Gasteiger partial charge in [-0.3, -0.25) is 0 Å². The summed E-state index contributed by atoms with van der Waals surface area (Å²) in [5.41, 5.74) is 2.52. The normalized spacial score (nSPS) is 10.1. The molecule has 0 aliphatic rings. The first kappa shape index (κ1) is 13.5. The fourth-order valence-electron chi connectivity index (χ4n) is 1.64. The zero-order valence-corrected chi connectivity index (χ0v) is 10.7. The molecule has 0 saturated carbocycles. The predicted molar refractivity (Wildman–Crippen MR) is 69.2 cm³/mol. The van der Waals surface area contributed by atoms with Crippen molar-refractivity contribution in [1.29, 1.82) is 0 Å². The Hall–Kier alpha value is -1.56. The van der Waals surface area contributed by atoms with Gasteiger partial charge in [-0.1, -0.05) is 13.3 Å². The molecule has 1 aromatic rings. The summed E-state index contributed by atoms with van der Waals surface area (Å²) in [6.45, 7) is 6.08. The average Bonchev–Trinajstić information content (AvgIpc) is 2.39. The Labute approximate surface area is 102 Å². The maximum Gasteiger partial charge on any atom is 0.205 e. The van der Waals surface area contributed by atoms with Crippen molar-refractivity contribution >= 4 is 11.6 Å². The first-order valence-electron chi connectivity index (χ1n) is 5.88. The molecule has 0 atom stereocenters. The van der Waals surface area contributed by atoms with Gasteiger partial charge in [0.05, 0.1) is 7.11 Å². The van der Waals surface area contributed by atoms with Crippen LogP contribution in [0.1, 0.15) is 26.7 Å². The van der Waals surface area contributed by atoms with Gasteiger partial charge >= 0.3 is 0 Å². The lowest BCUT2D eigenvalue weighted by Gasteiger charge is -2.24. The number of hydrogen-bond donors (Lipinski definition) is 2. The molecule has 1 aromatic heterocycles. The Kier molecular flexibility index (Phi) is 5.48. The lowest BCUT2D eigenvalue weighted by molar-refractivity contribution is 0.412. The third kappa shape index (κ3) is 3.20. The molecule has 1 heterocycles. The molecule has 3 N–H and O–H groups in total. The highest BCUT2D eigenvalue weighted by molar-refractivity contribution is 5.64. The number of nitrogen functional groups attached to an aromatic ring is 1. The lowest BCUT2D eigenvalue weighted by Crippen LogP contribution is -2.26. The topological polar surface area (TPSA) is 76.3 Å². The maximum atomic E-state index is 5.40. The standard InChI is InChI=1S/C11H21N5O/c1-4-6-7-16(5-2)11-9(17-3)10(15-12)13-8-14-11/h8H,4-7,12H2,1-3H3,(H,13,14,15). The number of nitrogens with two attached hydrogens (primary N) is 1. The number of hydrazine groups is 1. The predicted octanol–water partition coefficient (Wildman–Crippen LogP) is 1.40. The molecule has 0 radical (unpaired) electrons. The average molecular weight is 239 g/mol. The Morgan fingerprint density at radius 1 is 1.41 bits per heavy atom. The van der Waals surface area contributed by atoms with Crippen molar-refractivity contribution in [3.63, 3.8) is 0 Å². The first-order valence-corrected chi connectivity index (χ1v) is 5.88. The number of rotatable bonds is 7. The van der Waals surface area contributed by atoms with Crippen LogP contribution in [0.4, 0.5) is 11.6 Å². The van der Waals surface area contributed by atoms with E-state index in [9.17, 15) is 0 Å². The molecule has 1 rings (SSSR count). The van der Waals surface area contributed by atoms with Crippen molar-refractivity contribution in [2.45, 2.75) is 26.7 Å². The molecule has 96 valence electrons. The molecule has 0 aliphatic carbocycles.